The second-order valence-electron chi connectivity index (χ2n) is 7.58. The van der Waals surface area contributed by atoms with Gasteiger partial charge in [0.1, 0.15) is 0 Å². The Bertz CT molecular complexity index is 1020. The fourth-order valence-electron chi connectivity index (χ4n) is 3.46. The van der Waals surface area contributed by atoms with Gasteiger partial charge >= 0.3 is 6.03 Å². The predicted octanol–water partition coefficient (Wildman–Crippen LogP) is 2.67. The summed E-state index contributed by atoms with van der Waals surface area (Å²) in [5, 5.41) is 10.8. The molecule has 160 valence electrons. The van der Waals surface area contributed by atoms with Gasteiger partial charge < -0.3 is 15.5 Å². The first-order valence-electron chi connectivity index (χ1n) is 9.72. The van der Waals surface area contributed by atoms with E-state index in [-0.39, 0.29) is 23.6 Å². The number of piperidine rings is 1. The molecule has 0 spiro atoms. The number of hydrogen-bond donors (Lipinski definition) is 3. The van der Waals surface area contributed by atoms with E-state index in [1.165, 1.54) is 0 Å². The lowest BCUT2D eigenvalue weighted by atomic mass is 9.97. The molecule has 30 heavy (non-hydrogen) atoms. The van der Waals surface area contributed by atoms with E-state index in [9.17, 15) is 18.0 Å². The summed E-state index contributed by atoms with van der Waals surface area (Å²) in [4.78, 5) is 26.9. The summed E-state index contributed by atoms with van der Waals surface area (Å²) in [5.41, 5.74) is 2.90. The number of likely N-dealkylation sites (tertiary alicyclic amines) is 1. The number of sulfonamides is 1. The van der Waals surface area contributed by atoms with Crippen molar-refractivity contribution in [3.63, 3.8) is 0 Å². The molecule has 1 fully saturated rings. The zero-order chi connectivity index (χ0) is 21.7. The molecule has 1 aliphatic rings. The monoisotopic (exact) mass is 430 g/mol. The molecule has 1 saturated heterocycles. The number of hydrogen-bond acceptors (Lipinski definition) is 4. The highest BCUT2D eigenvalue weighted by Crippen LogP contribution is 2.21. The van der Waals surface area contributed by atoms with Crippen molar-refractivity contribution >= 4 is 33.3 Å². The Kier molecular flexibility index (Phi) is 6.73. The van der Waals surface area contributed by atoms with Crippen molar-refractivity contribution in [2.75, 3.05) is 23.7 Å². The van der Waals surface area contributed by atoms with Crippen LogP contribution in [0.1, 0.15) is 24.0 Å². The van der Waals surface area contributed by atoms with E-state index in [1.807, 2.05) is 31.2 Å². The Hall–Kier alpha value is -2.91. The van der Waals surface area contributed by atoms with Gasteiger partial charge in [0.2, 0.25) is 15.9 Å². The molecule has 0 aromatic heterocycles. The number of benzene rings is 2. The first kappa shape index (κ1) is 21.8. The Balaban J connectivity index is 1.56. The number of anilines is 2. The quantitative estimate of drug-likeness (QED) is 0.675. The van der Waals surface area contributed by atoms with E-state index in [4.69, 9.17) is 5.14 Å². The third kappa shape index (κ3) is 6.30. The Labute approximate surface area is 176 Å². The smallest absolute Gasteiger partial charge is 0.321 e. The zero-order valence-electron chi connectivity index (χ0n) is 16.8. The van der Waals surface area contributed by atoms with Crippen LogP contribution in [0.25, 0.3) is 0 Å². The molecular weight excluding hydrogens is 404 g/mol. The lowest BCUT2D eigenvalue weighted by Crippen LogP contribution is -2.45. The normalized spacial score (nSPS) is 16.7. The lowest BCUT2D eigenvalue weighted by molar-refractivity contribution is -0.121. The summed E-state index contributed by atoms with van der Waals surface area (Å²) in [6.45, 7) is 2.90. The van der Waals surface area contributed by atoms with Crippen molar-refractivity contribution in [1.82, 2.24) is 4.90 Å². The number of urea groups is 1. The van der Waals surface area contributed by atoms with Crippen LogP contribution in [0.3, 0.4) is 0 Å². The highest BCUT2D eigenvalue weighted by molar-refractivity contribution is 7.88. The fraction of sp³-hybridized carbons (Fsp3) is 0.333. The summed E-state index contributed by atoms with van der Waals surface area (Å²) < 4.78 is 22.3. The number of aryl methyl sites for hydroxylation is 1. The van der Waals surface area contributed by atoms with Crippen LogP contribution >= 0.6 is 0 Å². The van der Waals surface area contributed by atoms with Gasteiger partial charge in [0.15, 0.2) is 0 Å². The molecule has 2 aromatic rings. The van der Waals surface area contributed by atoms with Crippen LogP contribution in [-0.2, 0) is 20.6 Å². The average Bonchev–Trinajstić information content (AvgIpc) is 2.68. The fourth-order valence-corrected chi connectivity index (χ4v) is 4.12. The number of carbonyl (C=O) groups excluding carboxylic acids is 2. The summed E-state index contributed by atoms with van der Waals surface area (Å²) >= 11 is 0. The van der Waals surface area contributed by atoms with Crippen LogP contribution in [0.5, 0.6) is 0 Å². The van der Waals surface area contributed by atoms with Crippen molar-refractivity contribution in [2.45, 2.75) is 25.5 Å². The molecule has 3 rings (SSSR count). The Morgan fingerprint density at radius 2 is 1.83 bits per heavy atom. The molecule has 0 aliphatic carbocycles. The van der Waals surface area contributed by atoms with Crippen molar-refractivity contribution in [1.29, 1.82) is 0 Å². The predicted molar refractivity (Wildman–Crippen MR) is 116 cm³/mol. The van der Waals surface area contributed by atoms with Crippen molar-refractivity contribution < 1.29 is 18.0 Å². The number of rotatable bonds is 5. The largest absolute Gasteiger partial charge is 0.326 e. The van der Waals surface area contributed by atoms with Crippen LogP contribution in [-0.4, -0.2) is 38.3 Å². The van der Waals surface area contributed by atoms with Gasteiger partial charge in [0, 0.05) is 24.5 Å². The van der Waals surface area contributed by atoms with E-state index in [0.29, 0.717) is 30.8 Å². The summed E-state index contributed by atoms with van der Waals surface area (Å²) in [6.07, 6.45) is 1.44. The summed E-state index contributed by atoms with van der Waals surface area (Å²) in [7, 11) is -3.60. The molecule has 4 N–H and O–H groups in total. The number of carbonyl (C=O) groups is 2. The summed E-state index contributed by atoms with van der Waals surface area (Å²) in [6, 6.07) is 13.9. The number of nitrogens with one attached hydrogen (secondary N) is 2. The third-order valence-corrected chi connectivity index (χ3v) is 5.67. The van der Waals surface area contributed by atoms with Gasteiger partial charge in [0.25, 0.3) is 0 Å². The Morgan fingerprint density at radius 1 is 1.10 bits per heavy atom. The van der Waals surface area contributed by atoms with Gasteiger partial charge in [-0.1, -0.05) is 24.3 Å². The van der Waals surface area contributed by atoms with Gasteiger partial charge in [-0.15, -0.1) is 0 Å². The van der Waals surface area contributed by atoms with Crippen molar-refractivity contribution in [3.8, 4) is 0 Å². The minimum Gasteiger partial charge on any atom is -0.326 e. The van der Waals surface area contributed by atoms with Crippen molar-refractivity contribution in [3.05, 3.63) is 59.7 Å². The van der Waals surface area contributed by atoms with Gasteiger partial charge in [-0.3, -0.25) is 4.79 Å². The van der Waals surface area contributed by atoms with E-state index < -0.39 is 10.0 Å². The molecule has 1 heterocycles. The van der Waals surface area contributed by atoms with Crippen molar-refractivity contribution in [2.24, 2.45) is 11.1 Å². The van der Waals surface area contributed by atoms with Crippen LogP contribution in [0.15, 0.2) is 48.5 Å². The van der Waals surface area contributed by atoms with Gasteiger partial charge in [-0.2, -0.15) is 0 Å². The molecule has 8 nitrogen and oxygen atoms in total. The minimum absolute atomic E-state index is 0.165. The summed E-state index contributed by atoms with van der Waals surface area (Å²) in [5.74, 6) is -0.733. The molecule has 2 aromatic carbocycles. The standard InChI is InChI=1S/C21H26N4O4S/c1-15-4-2-6-19(12-15)24-21(27)25-11-3-5-17(13-25)20(26)23-18-9-7-16(8-10-18)14-30(22,28)29/h2,4,6-10,12,17H,3,5,11,13-14H2,1H3,(H,23,26)(H,24,27)(H2,22,28,29). The zero-order valence-corrected chi connectivity index (χ0v) is 17.6. The maximum absolute atomic E-state index is 12.7. The Morgan fingerprint density at radius 3 is 2.50 bits per heavy atom. The molecule has 1 aliphatic heterocycles. The first-order chi connectivity index (χ1) is 14.2. The van der Waals surface area contributed by atoms with Gasteiger partial charge in [-0.25, -0.2) is 18.4 Å². The molecule has 9 heteroatoms. The number of primary sulfonamides is 1. The molecule has 0 radical (unpaired) electrons. The van der Waals surface area contributed by atoms with Crippen LogP contribution < -0.4 is 15.8 Å². The maximum atomic E-state index is 12.7. The van der Waals surface area contributed by atoms with Crippen LogP contribution in [0, 0.1) is 12.8 Å². The first-order valence-corrected chi connectivity index (χ1v) is 11.4. The average molecular weight is 431 g/mol. The third-order valence-electron chi connectivity index (χ3n) is 4.94. The minimum atomic E-state index is -3.60. The number of nitrogens with zero attached hydrogens (tertiary/aromatic N) is 1. The number of amides is 3. The maximum Gasteiger partial charge on any atom is 0.321 e. The second-order valence-corrected chi connectivity index (χ2v) is 9.19. The topological polar surface area (TPSA) is 122 Å². The molecule has 0 saturated carbocycles. The van der Waals surface area contributed by atoms with Crippen LogP contribution in [0.2, 0.25) is 0 Å². The SMILES string of the molecule is Cc1cccc(NC(=O)N2CCCC(C(=O)Nc3ccc(CS(N)(=O)=O)cc3)C2)c1. The van der Waals surface area contributed by atoms with Crippen LogP contribution in [0.4, 0.5) is 16.2 Å². The second kappa shape index (κ2) is 9.27. The highest BCUT2D eigenvalue weighted by Gasteiger charge is 2.28. The number of nitrogens with two attached hydrogens (primary N) is 1. The molecular formula is C21H26N4O4S. The highest BCUT2D eigenvalue weighted by atomic mass is 32.2. The molecule has 1 unspecified atom stereocenters. The van der Waals surface area contributed by atoms with E-state index in [1.54, 1.807) is 29.2 Å². The molecule has 3 amide bonds. The van der Waals surface area contributed by atoms with E-state index in [2.05, 4.69) is 10.6 Å². The molecule has 0 bridgehead atoms. The van der Waals surface area contributed by atoms with Gasteiger partial charge in [0.05, 0.1) is 11.7 Å². The van der Waals surface area contributed by atoms with Gasteiger partial charge in [-0.05, 0) is 55.2 Å². The van der Waals surface area contributed by atoms with E-state index >= 15 is 0 Å². The van der Waals surface area contributed by atoms with E-state index in [0.717, 1.165) is 17.7 Å². The molecule has 1 atom stereocenters. The lowest BCUT2D eigenvalue weighted by Gasteiger charge is -2.32.